The van der Waals surface area contributed by atoms with Crippen LogP contribution in [-0.2, 0) is 20.0 Å². The maximum atomic E-state index is 12.0. The van der Waals surface area contributed by atoms with Gasteiger partial charge in [0.1, 0.15) is 0 Å². The van der Waals surface area contributed by atoms with E-state index in [4.69, 9.17) is 17.3 Å². The molecule has 7 nitrogen and oxygen atoms in total. The summed E-state index contributed by atoms with van der Waals surface area (Å²) in [5.74, 6) is 0. The Balaban J connectivity index is 2.80. The van der Waals surface area contributed by atoms with Crippen molar-refractivity contribution >= 4 is 37.3 Å². The summed E-state index contributed by atoms with van der Waals surface area (Å²) in [4.78, 5) is -0.0174. The first-order valence-corrected chi connectivity index (χ1v) is 9.28. The van der Waals surface area contributed by atoms with Crippen LogP contribution in [0.1, 0.15) is 5.56 Å². The third-order valence-corrected chi connectivity index (χ3v) is 5.03. The summed E-state index contributed by atoms with van der Waals surface area (Å²) >= 11 is 5.86. The second-order valence-electron chi connectivity index (χ2n) is 4.21. The lowest BCUT2D eigenvalue weighted by Gasteiger charge is -2.10. The first-order chi connectivity index (χ1) is 9.03. The number of nitrogens with one attached hydrogen (secondary N) is 2. The number of halogens is 1. The molecular formula is C10H16ClN3O4S2. The van der Waals surface area contributed by atoms with Gasteiger partial charge in [-0.3, -0.25) is 0 Å². The van der Waals surface area contributed by atoms with Crippen LogP contribution in [0.25, 0.3) is 0 Å². The molecule has 1 aromatic rings. The van der Waals surface area contributed by atoms with E-state index in [-0.39, 0.29) is 23.7 Å². The first kappa shape index (κ1) is 17.2. The lowest BCUT2D eigenvalue weighted by Crippen LogP contribution is -2.34. The average Bonchev–Trinajstić information content (AvgIpc) is 2.30. The molecule has 0 aliphatic carbocycles. The number of anilines is 1. The second kappa shape index (κ2) is 6.27. The Morgan fingerprint density at radius 2 is 1.70 bits per heavy atom. The summed E-state index contributed by atoms with van der Waals surface area (Å²) < 4.78 is 50.1. The van der Waals surface area contributed by atoms with Crippen molar-refractivity contribution in [2.45, 2.75) is 11.8 Å². The summed E-state index contributed by atoms with van der Waals surface area (Å²) in [5, 5.41) is 0.308. The number of aryl methyl sites for hydroxylation is 1. The maximum Gasteiger partial charge on any atom is 0.240 e. The summed E-state index contributed by atoms with van der Waals surface area (Å²) in [7, 11) is -7.11. The fourth-order valence-electron chi connectivity index (χ4n) is 1.42. The molecule has 4 N–H and O–H groups in total. The van der Waals surface area contributed by atoms with E-state index < -0.39 is 20.0 Å². The van der Waals surface area contributed by atoms with Crippen LogP contribution < -0.4 is 15.2 Å². The van der Waals surface area contributed by atoms with E-state index in [0.29, 0.717) is 10.6 Å². The Morgan fingerprint density at radius 1 is 1.15 bits per heavy atom. The molecule has 20 heavy (non-hydrogen) atoms. The van der Waals surface area contributed by atoms with Gasteiger partial charge in [0, 0.05) is 13.1 Å². The molecule has 0 radical (unpaired) electrons. The lowest BCUT2D eigenvalue weighted by atomic mass is 10.2. The average molecular weight is 342 g/mol. The van der Waals surface area contributed by atoms with E-state index in [1.807, 2.05) is 0 Å². The van der Waals surface area contributed by atoms with Gasteiger partial charge in [-0.25, -0.2) is 26.3 Å². The van der Waals surface area contributed by atoms with Gasteiger partial charge in [-0.1, -0.05) is 11.6 Å². The highest BCUT2D eigenvalue weighted by molar-refractivity contribution is 7.89. The highest BCUT2D eigenvalue weighted by atomic mass is 35.5. The van der Waals surface area contributed by atoms with Crippen LogP contribution in [0.5, 0.6) is 0 Å². The second-order valence-corrected chi connectivity index (χ2v) is 8.19. The molecule has 0 saturated carbocycles. The topological polar surface area (TPSA) is 118 Å². The number of nitrogen functional groups attached to an aromatic ring is 1. The van der Waals surface area contributed by atoms with E-state index in [0.717, 1.165) is 6.26 Å². The van der Waals surface area contributed by atoms with Crippen LogP contribution in [-0.4, -0.2) is 36.2 Å². The Labute approximate surface area is 123 Å². The molecule has 114 valence electrons. The van der Waals surface area contributed by atoms with Crippen molar-refractivity contribution in [2.75, 3.05) is 25.1 Å². The largest absolute Gasteiger partial charge is 0.397 e. The lowest BCUT2D eigenvalue weighted by molar-refractivity contribution is 0.573. The zero-order valence-corrected chi connectivity index (χ0v) is 13.4. The molecule has 1 rings (SSSR count). The number of nitrogens with two attached hydrogens (primary N) is 1. The van der Waals surface area contributed by atoms with E-state index >= 15 is 0 Å². The minimum atomic E-state index is -3.76. The summed E-state index contributed by atoms with van der Waals surface area (Å²) in [5.41, 5.74) is 6.32. The van der Waals surface area contributed by atoms with Crippen molar-refractivity contribution in [1.82, 2.24) is 9.44 Å². The van der Waals surface area contributed by atoms with Gasteiger partial charge >= 0.3 is 0 Å². The number of sulfonamides is 2. The zero-order chi connectivity index (χ0) is 15.6. The van der Waals surface area contributed by atoms with Crippen LogP contribution in [0.3, 0.4) is 0 Å². The molecular weight excluding hydrogens is 326 g/mol. The van der Waals surface area contributed by atoms with Gasteiger partial charge in [0.2, 0.25) is 20.0 Å². The van der Waals surface area contributed by atoms with Crippen LogP contribution in [0, 0.1) is 6.92 Å². The molecule has 10 heteroatoms. The number of hydrogen-bond donors (Lipinski definition) is 3. The Bertz CT molecular complexity index is 678. The van der Waals surface area contributed by atoms with E-state index in [2.05, 4.69) is 9.44 Å². The smallest absolute Gasteiger partial charge is 0.240 e. The fraction of sp³-hybridized carbons (Fsp3) is 0.400. The van der Waals surface area contributed by atoms with Crippen molar-refractivity contribution in [3.63, 3.8) is 0 Å². The number of hydrogen-bond acceptors (Lipinski definition) is 5. The Morgan fingerprint density at radius 3 is 2.20 bits per heavy atom. The molecule has 0 atom stereocenters. The molecule has 0 amide bonds. The molecule has 0 fully saturated rings. The minimum absolute atomic E-state index is 0.0174. The van der Waals surface area contributed by atoms with Gasteiger partial charge in [-0.15, -0.1) is 0 Å². The first-order valence-electron chi connectivity index (χ1n) is 5.53. The van der Waals surface area contributed by atoms with Gasteiger partial charge in [-0.05, 0) is 24.6 Å². The van der Waals surface area contributed by atoms with Gasteiger partial charge in [-0.2, -0.15) is 0 Å². The van der Waals surface area contributed by atoms with Gasteiger partial charge in [0.25, 0.3) is 0 Å². The quantitative estimate of drug-likeness (QED) is 0.499. The predicted molar refractivity (Wildman–Crippen MR) is 78.6 cm³/mol. The summed E-state index contributed by atoms with van der Waals surface area (Å²) in [6.45, 7) is 1.53. The summed E-state index contributed by atoms with van der Waals surface area (Å²) in [6, 6.07) is 2.65. The van der Waals surface area contributed by atoms with E-state index in [1.165, 1.54) is 12.1 Å². The standard InChI is InChI=1S/C10H16ClN3O4S2/c1-7-5-8(6-9(12)10(7)11)20(17,18)14-4-3-13-19(2,15)16/h5-6,13-14H,3-4,12H2,1-2H3. The maximum absolute atomic E-state index is 12.0. The number of benzene rings is 1. The van der Waals surface area contributed by atoms with E-state index in [9.17, 15) is 16.8 Å². The van der Waals surface area contributed by atoms with Crippen LogP contribution in [0.4, 0.5) is 5.69 Å². The molecule has 0 aliphatic heterocycles. The van der Waals surface area contributed by atoms with Gasteiger partial charge in [0.15, 0.2) is 0 Å². The van der Waals surface area contributed by atoms with Crippen LogP contribution in [0.2, 0.25) is 5.02 Å². The molecule has 0 heterocycles. The predicted octanol–water partition coefficient (Wildman–Crippen LogP) is 0.0581. The Kier molecular flexibility index (Phi) is 5.39. The highest BCUT2D eigenvalue weighted by Crippen LogP contribution is 2.26. The molecule has 0 aliphatic rings. The molecule has 0 spiro atoms. The van der Waals surface area contributed by atoms with Crippen molar-refractivity contribution in [3.8, 4) is 0 Å². The molecule has 0 saturated heterocycles. The molecule has 0 unspecified atom stereocenters. The zero-order valence-electron chi connectivity index (χ0n) is 11.0. The normalized spacial score (nSPS) is 12.6. The SMILES string of the molecule is Cc1cc(S(=O)(=O)NCCNS(C)(=O)=O)cc(N)c1Cl. The molecule has 1 aromatic carbocycles. The van der Waals surface area contributed by atoms with Crippen molar-refractivity contribution in [2.24, 2.45) is 0 Å². The molecule has 0 aromatic heterocycles. The van der Waals surface area contributed by atoms with E-state index in [1.54, 1.807) is 6.92 Å². The van der Waals surface area contributed by atoms with Crippen molar-refractivity contribution < 1.29 is 16.8 Å². The third kappa shape index (κ3) is 4.91. The minimum Gasteiger partial charge on any atom is -0.397 e. The van der Waals surface area contributed by atoms with Gasteiger partial charge in [0.05, 0.1) is 21.9 Å². The number of rotatable bonds is 6. The monoisotopic (exact) mass is 341 g/mol. The fourth-order valence-corrected chi connectivity index (χ4v) is 3.16. The highest BCUT2D eigenvalue weighted by Gasteiger charge is 2.16. The molecule has 0 bridgehead atoms. The van der Waals surface area contributed by atoms with Crippen LogP contribution >= 0.6 is 11.6 Å². The van der Waals surface area contributed by atoms with Crippen LogP contribution in [0.15, 0.2) is 17.0 Å². The van der Waals surface area contributed by atoms with Crippen molar-refractivity contribution in [1.29, 1.82) is 0 Å². The summed E-state index contributed by atoms with van der Waals surface area (Å²) in [6.07, 6.45) is 0.991. The van der Waals surface area contributed by atoms with Crippen molar-refractivity contribution in [3.05, 3.63) is 22.7 Å². The van der Waals surface area contributed by atoms with Gasteiger partial charge < -0.3 is 5.73 Å². The Hall–Kier alpha value is -0.870. The third-order valence-electron chi connectivity index (χ3n) is 2.35.